The highest BCUT2D eigenvalue weighted by Gasteiger charge is 2.36. The summed E-state index contributed by atoms with van der Waals surface area (Å²) >= 11 is 0. The highest BCUT2D eigenvalue weighted by atomic mass is 19.4. The predicted molar refractivity (Wildman–Crippen MR) is 114 cm³/mol. The first-order chi connectivity index (χ1) is 15.5. The first kappa shape index (κ1) is 23.2. The number of hydrogen-bond acceptors (Lipinski definition) is 8. The molecule has 0 saturated carbocycles. The molecule has 33 heavy (non-hydrogen) atoms. The van der Waals surface area contributed by atoms with E-state index in [1.54, 1.807) is 25.7 Å². The van der Waals surface area contributed by atoms with Crippen LogP contribution in [-0.4, -0.2) is 57.4 Å². The van der Waals surface area contributed by atoms with Gasteiger partial charge in [-0.3, -0.25) is 5.32 Å². The van der Waals surface area contributed by atoms with Crippen LogP contribution in [0, 0.1) is 0 Å². The molecule has 9 nitrogen and oxygen atoms in total. The molecule has 12 heteroatoms. The van der Waals surface area contributed by atoms with Crippen molar-refractivity contribution in [2.75, 3.05) is 29.9 Å². The fourth-order valence-electron chi connectivity index (χ4n) is 4.00. The van der Waals surface area contributed by atoms with Crippen LogP contribution in [0.1, 0.15) is 44.4 Å². The van der Waals surface area contributed by atoms with Gasteiger partial charge in [0.1, 0.15) is 29.8 Å². The van der Waals surface area contributed by atoms with Gasteiger partial charge in [-0.15, -0.1) is 0 Å². The van der Waals surface area contributed by atoms with Crippen LogP contribution >= 0.6 is 0 Å². The highest BCUT2D eigenvalue weighted by Crippen LogP contribution is 2.40. The molecule has 2 atom stereocenters. The van der Waals surface area contributed by atoms with Gasteiger partial charge in [0.25, 0.3) is 0 Å². The Morgan fingerprint density at radius 3 is 2.70 bits per heavy atom. The number of nitrogens with one attached hydrogen (secondary N) is 2. The summed E-state index contributed by atoms with van der Waals surface area (Å²) in [6.07, 6.45) is -4.46. The SMILES string of the molecule is CCC1OC(=O)Nc2ncnc(-c3cc(C(F)(F)F)cc(N4CCNC(C(C)(C)O)C4)n3)c21. The molecule has 0 aromatic carbocycles. The van der Waals surface area contributed by atoms with Crippen LogP contribution in [0.15, 0.2) is 18.5 Å². The predicted octanol–water partition coefficient (Wildman–Crippen LogP) is 3.12. The van der Waals surface area contributed by atoms with E-state index in [2.05, 4.69) is 25.6 Å². The Hall–Kier alpha value is -2.99. The minimum Gasteiger partial charge on any atom is -0.441 e. The van der Waals surface area contributed by atoms with Gasteiger partial charge in [-0.1, -0.05) is 6.92 Å². The van der Waals surface area contributed by atoms with Crippen molar-refractivity contribution < 1.29 is 27.8 Å². The van der Waals surface area contributed by atoms with E-state index in [0.29, 0.717) is 25.1 Å². The maximum Gasteiger partial charge on any atom is 0.416 e. The molecule has 0 radical (unpaired) electrons. The van der Waals surface area contributed by atoms with Crippen molar-refractivity contribution in [2.24, 2.45) is 0 Å². The fraction of sp³-hybridized carbons (Fsp3) is 0.524. The quantitative estimate of drug-likeness (QED) is 0.630. The zero-order chi connectivity index (χ0) is 24.0. The number of fused-ring (bicyclic) bond motifs is 1. The molecule has 2 aliphatic heterocycles. The van der Waals surface area contributed by atoms with Crippen LogP contribution in [0.25, 0.3) is 11.4 Å². The number of ether oxygens (including phenoxy) is 1. The molecule has 0 bridgehead atoms. The first-order valence-corrected chi connectivity index (χ1v) is 10.6. The van der Waals surface area contributed by atoms with E-state index in [1.165, 1.54) is 6.33 Å². The molecule has 2 aliphatic rings. The third kappa shape index (κ3) is 4.71. The van der Waals surface area contributed by atoms with Crippen molar-refractivity contribution in [3.05, 3.63) is 29.6 Å². The van der Waals surface area contributed by atoms with E-state index >= 15 is 0 Å². The maximum atomic E-state index is 13.8. The van der Waals surface area contributed by atoms with Gasteiger partial charge in [0.15, 0.2) is 0 Å². The van der Waals surface area contributed by atoms with Crippen LogP contribution in [-0.2, 0) is 10.9 Å². The Bertz CT molecular complexity index is 1060. The summed E-state index contributed by atoms with van der Waals surface area (Å²) in [6.45, 7) is 6.24. The number of aromatic nitrogens is 3. The van der Waals surface area contributed by atoms with E-state index < -0.39 is 29.5 Å². The minimum absolute atomic E-state index is 0.00462. The summed E-state index contributed by atoms with van der Waals surface area (Å²) in [7, 11) is 0. The standard InChI is InChI=1S/C21H25F3N6O3/c1-4-13-16-17(26-10-27-18(16)29-19(31)33-13)12-7-11(21(22,23)24)8-15(28-12)30-6-5-25-14(9-30)20(2,3)32/h7-8,10,13-14,25,32H,4-6,9H2,1-3H3,(H,26,27,29,31). The van der Waals surface area contributed by atoms with E-state index in [4.69, 9.17) is 4.74 Å². The summed E-state index contributed by atoms with van der Waals surface area (Å²) < 4.78 is 46.7. The number of nitrogens with zero attached hydrogens (tertiary/aromatic N) is 4. The van der Waals surface area contributed by atoms with Crippen LogP contribution in [0.2, 0.25) is 0 Å². The Labute approximate surface area is 188 Å². The van der Waals surface area contributed by atoms with Crippen molar-refractivity contribution in [2.45, 2.75) is 51.1 Å². The molecule has 4 rings (SSSR count). The van der Waals surface area contributed by atoms with Crippen molar-refractivity contribution >= 4 is 17.7 Å². The van der Waals surface area contributed by atoms with E-state index in [9.17, 15) is 23.1 Å². The monoisotopic (exact) mass is 466 g/mol. The van der Waals surface area contributed by atoms with E-state index in [-0.39, 0.29) is 35.6 Å². The fourth-order valence-corrected chi connectivity index (χ4v) is 4.00. The van der Waals surface area contributed by atoms with E-state index in [1.807, 2.05) is 0 Å². The Morgan fingerprint density at radius 1 is 1.27 bits per heavy atom. The Kier molecular flexibility index (Phi) is 5.91. The average Bonchev–Trinajstić information content (AvgIpc) is 2.76. The average molecular weight is 466 g/mol. The molecule has 178 valence electrons. The lowest BCUT2D eigenvalue weighted by atomic mass is 9.96. The molecule has 1 saturated heterocycles. The molecule has 0 spiro atoms. The summed E-state index contributed by atoms with van der Waals surface area (Å²) in [5.74, 6) is 0.310. The van der Waals surface area contributed by atoms with Gasteiger partial charge < -0.3 is 20.1 Å². The molecule has 2 aromatic rings. The van der Waals surface area contributed by atoms with Gasteiger partial charge >= 0.3 is 12.3 Å². The second-order valence-corrected chi connectivity index (χ2v) is 8.62. The number of carbonyl (C=O) groups excluding carboxylic acids is 1. The number of alkyl halides is 3. The number of rotatable bonds is 4. The van der Waals surface area contributed by atoms with Gasteiger partial charge in [-0.25, -0.2) is 19.7 Å². The lowest BCUT2D eigenvalue weighted by Crippen LogP contribution is -2.59. The summed E-state index contributed by atoms with van der Waals surface area (Å²) in [4.78, 5) is 26.3. The third-order valence-corrected chi connectivity index (χ3v) is 5.78. The van der Waals surface area contributed by atoms with Gasteiger partial charge in [-0.2, -0.15) is 13.2 Å². The Balaban J connectivity index is 1.83. The van der Waals surface area contributed by atoms with Crippen molar-refractivity contribution in [1.82, 2.24) is 20.3 Å². The van der Waals surface area contributed by atoms with Gasteiger partial charge in [0.2, 0.25) is 0 Å². The molecule has 1 fully saturated rings. The van der Waals surface area contributed by atoms with Crippen molar-refractivity contribution in [3.8, 4) is 11.4 Å². The van der Waals surface area contributed by atoms with Crippen LogP contribution in [0.5, 0.6) is 0 Å². The number of hydrogen-bond donors (Lipinski definition) is 3. The number of amides is 1. The summed E-state index contributed by atoms with van der Waals surface area (Å²) in [5.41, 5.74) is -1.41. The molecule has 2 aromatic heterocycles. The number of cyclic esters (lactones) is 1. The lowest BCUT2D eigenvalue weighted by molar-refractivity contribution is -0.137. The highest BCUT2D eigenvalue weighted by molar-refractivity contribution is 5.88. The molecule has 4 heterocycles. The van der Waals surface area contributed by atoms with E-state index in [0.717, 1.165) is 12.1 Å². The largest absolute Gasteiger partial charge is 0.441 e. The zero-order valence-electron chi connectivity index (χ0n) is 18.4. The number of halogens is 3. The lowest BCUT2D eigenvalue weighted by Gasteiger charge is -2.40. The normalized spacial score (nSPS) is 21.3. The number of piperazine rings is 1. The molecule has 2 unspecified atom stereocenters. The topological polar surface area (TPSA) is 112 Å². The van der Waals surface area contributed by atoms with Crippen LogP contribution in [0.4, 0.5) is 29.6 Å². The maximum absolute atomic E-state index is 13.8. The van der Waals surface area contributed by atoms with Crippen molar-refractivity contribution in [1.29, 1.82) is 0 Å². The van der Waals surface area contributed by atoms with Crippen LogP contribution in [0.3, 0.4) is 0 Å². The number of anilines is 2. The second-order valence-electron chi connectivity index (χ2n) is 8.62. The Morgan fingerprint density at radius 2 is 2.03 bits per heavy atom. The summed E-state index contributed by atoms with van der Waals surface area (Å²) in [5, 5.41) is 16.0. The second kappa shape index (κ2) is 8.41. The van der Waals surface area contributed by atoms with Gasteiger partial charge in [0.05, 0.1) is 28.5 Å². The molecule has 3 N–H and O–H groups in total. The third-order valence-electron chi connectivity index (χ3n) is 5.78. The zero-order valence-corrected chi connectivity index (χ0v) is 18.4. The summed E-state index contributed by atoms with van der Waals surface area (Å²) in [6, 6.07) is 1.58. The van der Waals surface area contributed by atoms with Crippen LogP contribution < -0.4 is 15.5 Å². The number of aliphatic hydroxyl groups is 1. The number of pyridine rings is 1. The van der Waals surface area contributed by atoms with Gasteiger partial charge in [-0.05, 0) is 32.4 Å². The molecule has 0 aliphatic carbocycles. The smallest absolute Gasteiger partial charge is 0.416 e. The molecular weight excluding hydrogens is 441 g/mol. The minimum atomic E-state index is -4.61. The van der Waals surface area contributed by atoms with Crippen molar-refractivity contribution in [3.63, 3.8) is 0 Å². The van der Waals surface area contributed by atoms with Gasteiger partial charge in [0, 0.05) is 19.6 Å². The molecular formula is C21H25F3N6O3. The first-order valence-electron chi connectivity index (χ1n) is 10.6. The number of carbonyl (C=O) groups is 1. The molecule has 1 amide bonds.